The van der Waals surface area contributed by atoms with Crippen molar-refractivity contribution in [1.29, 1.82) is 0 Å². The monoisotopic (exact) mass is 307 g/mol. The summed E-state index contributed by atoms with van der Waals surface area (Å²) in [6.45, 7) is 2.02. The van der Waals surface area contributed by atoms with Crippen molar-refractivity contribution < 1.29 is 0 Å². The van der Waals surface area contributed by atoms with Crippen LogP contribution in [-0.4, -0.2) is 10.7 Å². The van der Waals surface area contributed by atoms with Gasteiger partial charge in [-0.25, -0.2) is 4.98 Å². The highest BCUT2D eigenvalue weighted by Crippen LogP contribution is 2.24. The Balaban J connectivity index is 1.64. The van der Waals surface area contributed by atoms with Gasteiger partial charge < -0.3 is 0 Å². The van der Waals surface area contributed by atoms with Gasteiger partial charge in [0.15, 0.2) is 0 Å². The Hall–Kier alpha value is -2.46. The van der Waals surface area contributed by atoms with Gasteiger partial charge in [-0.2, -0.15) is 5.10 Å². The third-order valence-corrected chi connectivity index (χ3v) is 3.97. The molecule has 3 nitrogen and oxygen atoms in total. The lowest BCUT2D eigenvalue weighted by Crippen LogP contribution is -2.01. The highest BCUT2D eigenvalue weighted by molar-refractivity contribution is 7.14. The van der Waals surface area contributed by atoms with Crippen molar-refractivity contribution in [1.82, 2.24) is 4.98 Å². The first kappa shape index (κ1) is 14.5. The molecule has 0 atom stereocenters. The molecule has 0 radical (unpaired) electrons. The average molecular weight is 307 g/mol. The van der Waals surface area contributed by atoms with Crippen LogP contribution in [0.4, 0.5) is 5.13 Å². The maximum absolute atomic E-state index is 4.56. The molecule has 0 fully saturated rings. The number of rotatable bonds is 5. The highest BCUT2D eigenvalue weighted by atomic mass is 32.1. The Labute approximate surface area is 134 Å². The summed E-state index contributed by atoms with van der Waals surface area (Å²) in [4.78, 5) is 4.56. The number of hydrogen-bond donors (Lipinski definition) is 1. The van der Waals surface area contributed by atoms with E-state index in [1.54, 1.807) is 11.3 Å². The summed E-state index contributed by atoms with van der Waals surface area (Å²) in [7, 11) is 0. The summed E-state index contributed by atoms with van der Waals surface area (Å²) < 4.78 is 0. The predicted octanol–water partition coefficient (Wildman–Crippen LogP) is 4.84. The highest BCUT2D eigenvalue weighted by Gasteiger charge is 2.03. The minimum atomic E-state index is 0.811. The zero-order chi connectivity index (χ0) is 15.2. The number of anilines is 1. The van der Waals surface area contributed by atoms with E-state index in [1.807, 2.05) is 48.7 Å². The largest absolute Gasteiger partial charge is 0.253 e. The Kier molecular flexibility index (Phi) is 4.61. The van der Waals surface area contributed by atoms with Crippen molar-refractivity contribution in [2.24, 2.45) is 5.10 Å². The normalized spacial score (nSPS) is 11.4. The van der Waals surface area contributed by atoms with Gasteiger partial charge in [-0.3, -0.25) is 5.43 Å². The molecular weight excluding hydrogens is 290 g/mol. The second-order valence-corrected chi connectivity index (χ2v) is 5.88. The summed E-state index contributed by atoms with van der Waals surface area (Å²) in [5.74, 6) is 0. The minimum absolute atomic E-state index is 0.811. The molecule has 22 heavy (non-hydrogen) atoms. The fraction of sp³-hybridized carbons (Fsp3) is 0.111. The summed E-state index contributed by atoms with van der Waals surface area (Å²) in [6, 6.07) is 20.5. The standard InChI is InChI=1S/C18H17N3S/c1-14(12-15-8-4-2-5-9-15)20-21-18-19-17(13-22-18)16-10-6-3-7-11-16/h2-11,13H,12H2,1H3,(H,19,21)/b20-14-. The molecule has 110 valence electrons. The van der Waals surface area contributed by atoms with Gasteiger partial charge >= 0.3 is 0 Å². The molecule has 0 aliphatic rings. The smallest absolute Gasteiger partial charge is 0.203 e. The number of hydrogen-bond acceptors (Lipinski definition) is 4. The lowest BCUT2D eigenvalue weighted by atomic mass is 10.1. The van der Waals surface area contributed by atoms with Crippen LogP contribution in [0.1, 0.15) is 12.5 Å². The van der Waals surface area contributed by atoms with Crippen molar-refractivity contribution in [2.75, 3.05) is 5.43 Å². The molecule has 0 aliphatic carbocycles. The van der Waals surface area contributed by atoms with E-state index in [9.17, 15) is 0 Å². The molecule has 1 heterocycles. The van der Waals surface area contributed by atoms with Gasteiger partial charge in [0, 0.05) is 23.1 Å². The molecule has 1 aromatic heterocycles. The molecule has 0 amide bonds. The molecule has 3 rings (SSSR count). The van der Waals surface area contributed by atoms with E-state index in [4.69, 9.17) is 0 Å². The zero-order valence-electron chi connectivity index (χ0n) is 12.4. The molecule has 0 unspecified atom stereocenters. The lowest BCUT2D eigenvalue weighted by Gasteiger charge is -2.01. The van der Waals surface area contributed by atoms with Crippen molar-refractivity contribution in [3.63, 3.8) is 0 Å². The summed E-state index contributed by atoms with van der Waals surface area (Å²) in [5.41, 5.74) is 7.44. The van der Waals surface area contributed by atoms with E-state index in [0.717, 1.165) is 28.5 Å². The third-order valence-electron chi connectivity index (χ3n) is 3.22. The van der Waals surface area contributed by atoms with Gasteiger partial charge in [-0.1, -0.05) is 60.7 Å². The number of aromatic nitrogens is 1. The maximum Gasteiger partial charge on any atom is 0.203 e. The number of thiazole rings is 1. The van der Waals surface area contributed by atoms with Gasteiger partial charge in [0.25, 0.3) is 0 Å². The van der Waals surface area contributed by atoms with Crippen molar-refractivity contribution in [3.05, 3.63) is 71.6 Å². The number of nitrogens with one attached hydrogen (secondary N) is 1. The molecule has 0 bridgehead atoms. The molecule has 3 aromatic rings. The van der Waals surface area contributed by atoms with E-state index in [0.29, 0.717) is 0 Å². The Morgan fingerprint density at radius 2 is 1.73 bits per heavy atom. The summed E-state index contributed by atoms with van der Waals surface area (Å²) in [5, 5.41) is 7.26. The molecular formula is C18H17N3S. The van der Waals surface area contributed by atoms with Gasteiger partial charge in [0.2, 0.25) is 5.13 Å². The lowest BCUT2D eigenvalue weighted by molar-refractivity contribution is 1.22. The van der Waals surface area contributed by atoms with Crippen molar-refractivity contribution >= 4 is 22.2 Å². The van der Waals surface area contributed by atoms with E-state index in [1.165, 1.54) is 5.56 Å². The SMILES string of the molecule is C/C(Cc1ccccc1)=N/Nc1nc(-c2ccccc2)cs1. The van der Waals surface area contributed by atoms with Crippen molar-refractivity contribution in [2.45, 2.75) is 13.3 Å². The van der Waals surface area contributed by atoms with Crippen LogP contribution in [0.25, 0.3) is 11.3 Å². The number of hydrazone groups is 1. The minimum Gasteiger partial charge on any atom is -0.253 e. The van der Waals surface area contributed by atoms with Crippen LogP contribution in [0, 0.1) is 0 Å². The second kappa shape index (κ2) is 7.00. The number of nitrogens with zero attached hydrogens (tertiary/aromatic N) is 2. The second-order valence-electron chi connectivity index (χ2n) is 5.03. The quantitative estimate of drug-likeness (QED) is 0.541. The van der Waals surface area contributed by atoms with Crippen LogP contribution >= 0.6 is 11.3 Å². The fourth-order valence-electron chi connectivity index (χ4n) is 2.14. The molecule has 0 aliphatic heterocycles. The van der Waals surface area contributed by atoms with E-state index in [2.05, 4.69) is 39.8 Å². The number of benzene rings is 2. The molecule has 1 N–H and O–H groups in total. The topological polar surface area (TPSA) is 37.3 Å². The third kappa shape index (κ3) is 3.80. The molecule has 0 spiro atoms. The van der Waals surface area contributed by atoms with Gasteiger partial charge in [0.1, 0.15) is 0 Å². The average Bonchev–Trinajstić information content (AvgIpc) is 3.04. The first-order chi connectivity index (χ1) is 10.8. The van der Waals surface area contributed by atoms with E-state index >= 15 is 0 Å². The summed E-state index contributed by atoms with van der Waals surface area (Å²) in [6.07, 6.45) is 0.838. The van der Waals surface area contributed by atoms with Crippen LogP contribution < -0.4 is 5.43 Å². The van der Waals surface area contributed by atoms with Crippen LogP contribution in [-0.2, 0) is 6.42 Å². The first-order valence-corrected chi connectivity index (χ1v) is 8.03. The first-order valence-electron chi connectivity index (χ1n) is 7.15. The molecule has 0 saturated carbocycles. The van der Waals surface area contributed by atoms with E-state index < -0.39 is 0 Å². The molecule has 2 aromatic carbocycles. The Morgan fingerprint density at radius 1 is 1.05 bits per heavy atom. The van der Waals surface area contributed by atoms with Crippen LogP contribution in [0.3, 0.4) is 0 Å². The fourth-order valence-corrected chi connectivity index (χ4v) is 2.80. The molecule has 4 heteroatoms. The zero-order valence-corrected chi connectivity index (χ0v) is 13.2. The van der Waals surface area contributed by atoms with Crippen molar-refractivity contribution in [3.8, 4) is 11.3 Å². The molecule has 0 saturated heterocycles. The predicted molar refractivity (Wildman–Crippen MR) is 94.4 cm³/mol. The maximum atomic E-state index is 4.56. The summed E-state index contributed by atoms with van der Waals surface area (Å²) >= 11 is 1.56. The van der Waals surface area contributed by atoms with Crippen LogP contribution in [0.15, 0.2) is 71.1 Å². The Morgan fingerprint density at radius 3 is 2.45 bits per heavy atom. The van der Waals surface area contributed by atoms with Crippen LogP contribution in [0.5, 0.6) is 0 Å². The van der Waals surface area contributed by atoms with Gasteiger partial charge in [-0.15, -0.1) is 11.3 Å². The van der Waals surface area contributed by atoms with E-state index in [-0.39, 0.29) is 0 Å². The van der Waals surface area contributed by atoms with Crippen LogP contribution in [0.2, 0.25) is 0 Å². The Bertz CT molecular complexity index is 748. The van der Waals surface area contributed by atoms with Gasteiger partial charge in [-0.05, 0) is 12.5 Å². The van der Waals surface area contributed by atoms with Gasteiger partial charge in [0.05, 0.1) is 5.69 Å².